The van der Waals surface area contributed by atoms with Gasteiger partial charge in [0.25, 0.3) is 0 Å². The van der Waals surface area contributed by atoms with Crippen molar-refractivity contribution in [3.05, 3.63) is 108 Å². The molecular weight excluding hydrogens is 444 g/mol. The Morgan fingerprint density at radius 2 is 1.68 bits per heavy atom. The fraction of sp³-hybridized carbons (Fsp3) is 0.143. The quantitative estimate of drug-likeness (QED) is 0.345. The monoisotopic (exact) mass is 468 g/mol. The van der Waals surface area contributed by atoms with Crippen LogP contribution >= 0.6 is 11.8 Å². The maximum absolute atomic E-state index is 13.3. The predicted octanol–water partition coefficient (Wildman–Crippen LogP) is 5.85. The minimum atomic E-state index is -0.204. The minimum Gasteiger partial charge on any atom is -0.508 e. The van der Waals surface area contributed by atoms with Crippen LogP contribution in [0.2, 0.25) is 0 Å². The van der Waals surface area contributed by atoms with Crippen LogP contribution in [0.4, 0.5) is 5.69 Å². The number of benzene rings is 3. The molecule has 0 unspecified atom stereocenters. The van der Waals surface area contributed by atoms with E-state index in [1.54, 1.807) is 37.2 Å². The number of carbonyl (C=O) groups is 1. The number of carbonyl (C=O) groups excluding carboxylic acids is 1. The lowest BCUT2D eigenvalue weighted by Crippen LogP contribution is -2.57. The third-order valence-corrected chi connectivity index (χ3v) is 7.33. The lowest BCUT2D eigenvalue weighted by atomic mass is 9.92. The van der Waals surface area contributed by atoms with Gasteiger partial charge >= 0.3 is 0 Å². The number of ether oxygens (including phenoxy) is 1. The Hall–Kier alpha value is -3.77. The van der Waals surface area contributed by atoms with E-state index in [9.17, 15) is 9.90 Å². The van der Waals surface area contributed by atoms with Crippen molar-refractivity contribution in [3.63, 3.8) is 0 Å². The molecule has 2 atom stereocenters. The minimum absolute atomic E-state index is 0.0886. The Morgan fingerprint density at radius 3 is 2.32 bits per heavy atom. The lowest BCUT2D eigenvalue weighted by Gasteiger charge is -2.47. The van der Waals surface area contributed by atoms with E-state index in [1.807, 2.05) is 83.9 Å². The first-order chi connectivity index (χ1) is 16.6. The van der Waals surface area contributed by atoms with Crippen LogP contribution in [0, 0.1) is 0 Å². The molecule has 5 nitrogen and oxygen atoms in total. The van der Waals surface area contributed by atoms with E-state index in [-0.39, 0.29) is 22.9 Å². The number of amides is 1. The van der Waals surface area contributed by atoms with Crippen molar-refractivity contribution >= 4 is 23.4 Å². The standard InChI is InChI=1S/C28H24N2O3S/c1-33-25-14-4-19(5-15-25)18-34-27-26(21-8-12-24(31)13-9-21)30(28(27)32)23-10-6-20(7-11-23)22-3-2-16-29-17-22/h2-17,26-27,31H,18H2,1H3/t26-,27-/m1/s1. The topological polar surface area (TPSA) is 62.7 Å². The average molecular weight is 469 g/mol. The molecule has 1 amide bonds. The number of pyridine rings is 1. The molecule has 1 saturated heterocycles. The normalized spacial score (nSPS) is 17.3. The van der Waals surface area contributed by atoms with E-state index < -0.39 is 0 Å². The third kappa shape index (κ3) is 4.37. The lowest BCUT2D eigenvalue weighted by molar-refractivity contribution is -0.123. The highest BCUT2D eigenvalue weighted by atomic mass is 32.2. The Morgan fingerprint density at radius 1 is 0.941 bits per heavy atom. The molecule has 5 rings (SSSR count). The van der Waals surface area contributed by atoms with E-state index in [1.165, 1.54) is 0 Å². The predicted molar refractivity (Wildman–Crippen MR) is 136 cm³/mol. The van der Waals surface area contributed by atoms with Gasteiger partial charge in [-0.3, -0.25) is 9.78 Å². The first-order valence-corrected chi connectivity index (χ1v) is 12.1. The number of aromatic nitrogens is 1. The van der Waals surface area contributed by atoms with E-state index in [0.29, 0.717) is 0 Å². The van der Waals surface area contributed by atoms with E-state index in [4.69, 9.17) is 4.74 Å². The molecule has 1 fully saturated rings. The summed E-state index contributed by atoms with van der Waals surface area (Å²) in [5.74, 6) is 1.84. The molecule has 1 aliphatic heterocycles. The average Bonchev–Trinajstić information content (AvgIpc) is 2.89. The molecule has 4 aromatic rings. The largest absolute Gasteiger partial charge is 0.508 e. The smallest absolute Gasteiger partial charge is 0.243 e. The highest BCUT2D eigenvalue weighted by Gasteiger charge is 2.49. The number of hydrogen-bond acceptors (Lipinski definition) is 5. The van der Waals surface area contributed by atoms with Gasteiger partial charge in [0.2, 0.25) is 5.91 Å². The molecule has 2 heterocycles. The Balaban J connectivity index is 1.39. The fourth-order valence-electron chi connectivity index (χ4n) is 4.16. The van der Waals surface area contributed by atoms with Gasteiger partial charge < -0.3 is 14.7 Å². The van der Waals surface area contributed by atoms with Crippen molar-refractivity contribution in [1.82, 2.24) is 4.98 Å². The second-order valence-electron chi connectivity index (χ2n) is 8.11. The van der Waals surface area contributed by atoms with Gasteiger partial charge in [-0.15, -0.1) is 11.8 Å². The number of rotatable bonds is 7. The zero-order valence-electron chi connectivity index (χ0n) is 18.7. The van der Waals surface area contributed by atoms with Crippen LogP contribution in [0.25, 0.3) is 11.1 Å². The van der Waals surface area contributed by atoms with Crippen LogP contribution in [0.1, 0.15) is 17.2 Å². The summed E-state index contributed by atoms with van der Waals surface area (Å²) in [5, 5.41) is 9.56. The van der Waals surface area contributed by atoms with Crippen molar-refractivity contribution in [3.8, 4) is 22.6 Å². The number of anilines is 1. The molecule has 0 aliphatic carbocycles. The van der Waals surface area contributed by atoms with Gasteiger partial charge in [-0.2, -0.15) is 0 Å². The van der Waals surface area contributed by atoms with Crippen molar-refractivity contribution in [2.75, 3.05) is 12.0 Å². The molecule has 0 saturated carbocycles. The van der Waals surface area contributed by atoms with Crippen molar-refractivity contribution in [2.24, 2.45) is 0 Å². The summed E-state index contributed by atoms with van der Waals surface area (Å²) in [7, 11) is 1.65. The van der Waals surface area contributed by atoms with Crippen molar-refractivity contribution < 1.29 is 14.6 Å². The fourth-order valence-corrected chi connectivity index (χ4v) is 5.45. The number of β-lactam (4-membered cyclic amide) rings is 1. The molecule has 3 aromatic carbocycles. The second-order valence-corrected chi connectivity index (χ2v) is 9.24. The van der Waals surface area contributed by atoms with E-state index >= 15 is 0 Å². The molecule has 1 aromatic heterocycles. The van der Waals surface area contributed by atoms with Crippen LogP contribution < -0.4 is 9.64 Å². The van der Waals surface area contributed by atoms with Gasteiger partial charge in [0.15, 0.2) is 0 Å². The Labute approximate surface area is 203 Å². The van der Waals surface area contributed by atoms with Crippen LogP contribution in [0.3, 0.4) is 0 Å². The van der Waals surface area contributed by atoms with E-state index in [0.717, 1.165) is 39.4 Å². The van der Waals surface area contributed by atoms with Gasteiger partial charge in [-0.1, -0.05) is 42.5 Å². The molecular formula is C28H24N2O3S. The highest BCUT2D eigenvalue weighted by Crippen LogP contribution is 2.46. The van der Waals surface area contributed by atoms with Gasteiger partial charge in [0, 0.05) is 23.8 Å². The van der Waals surface area contributed by atoms with Gasteiger partial charge in [-0.25, -0.2) is 0 Å². The molecule has 1 aliphatic rings. The first-order valence-electron chi connectivity index (χ1n) is 11.0. The number of hydrogen-bond donors (Lipinski definition) is 1. The van der Waals surface area contributed by atoms with Gasteiger partial charge in [-0.05, 0) is 64.7 Å². The van der Waals surface area contributed by atoms with Crippen LogP contribution in [-0.2, 0) is 10.5 Å². The summed E-state index contributed by atoms with van der Waals surface area (Å²) in [6, 6.07) is 26.9. The van der Waals surface area contributed by atoms with Gasteiger partial charge in [0.1, 0.15) is 16.7 Å². The number of nitrogens with zero attached hydrogens (tertiary/aromatic N) is 2. The number of phenolic OH excluding ortho intramolecular Hbond substituents is 1. The summed E-state index contributed by atoms with van der Waals surface area (Å²) in [4.78, 5) is 19.4. The van der Waals surface area contributed by atoms with Crippen LogP contribution in [0.15, 0.2) is 97.3 Å². The summed E-state index contributed by atoms with van der Waals surface area (Å²) in [6.07, 6.45) is 3.58. The SMILES string of the molecule is COc1ccc(CS[C@H]2C(=O)N(c3ccc(-c4cccnc4)cc3)[C@@H]2c2ccc(O)cc2)cc1. The zero-order chi connectivity index (χ0) is 23.5. The number of aromatic hydroxyl groups is 1. The molecule has 0 spiro atoms. The van der Waals surface area contributed by atoms with E-state index in [2.05, 4.69) is 4.98 Å². The third-order valence-electron chi connectivity index (χ3n) is 6.01. The van der Waals surface area contributed by atoms with Crippen molar-refractivity contribution in [1.29, 1.82) is 0 Å². The van der Waals surface area contributed by atoms with Crippen LogP contribution in [0.5, 0.6) is 11.5 Å². The maximum Gasteiger partial charge on any atom is 0.243 e. The molecule has 0 radical (unpaired) electrons. The molecule has 6 heteroatoms. The molecule has 170 valence electrons. The van der Waals surface area contributed by atoms with Crippen molar-refractivity contribution in [2.45, 2.75) is 17.0 Å². The highest BCUT2D eigenvalue weighted by molar-refractivity contribution is 8.00. The van der Waals surface area contributed by atoms with Gasteiger partial charge in [0.05, 0.1) is 13.2 Å². The Kier molecular flexibility index (Phi) is 6.23. The van der Waals surface area contributed by atoms with Crippen LogP contribution in [-0.4, -0.2) is 28.4 Å². The summed E-state index contributed by atoms with van der Waals surface area (Å²) in [5.41, 5.74) is 5.09. The first kappa shape index (κ1) is 22.0. The maximum atomic E-state index is 13.3. The molecule has 1 N–H and O–H groups in total. The Bertz CT molecular complexity index is 1260. The zero-order valence-corrected chi connectivity index (χ0v) is 19.5. The number of thioether (sulfide) groups is 1. The summed E-state index contributed by atoms with van der Waals surface area (Å²) in [6.45, 7) is 0. The summed E-state index contributed by atoms with van der Waals surface area (Å²) < 4.78 is 5.24. The number of phenols is 1. The second kappa shape index (κ2) is 9.61. The number of methoxy groups -OCH3 is 1. The molecule has 34 heavy (non-hydrogen) atoms. The molecule has 0 bridgehead atoms. The summed E-state index contributed by atoms with van der Waals surface area (Å²) >= 11 is 1.64.